The van der Waals surface area contributed by atoms with Gasteiger partial charge in [-0.05, 0) is 51.0 Å². The molecule has 0 fully saturated rings. The molecule has 0 unspecified atom stereocenters. The summed E-state index contributed by atoms with van der Waals surface area (Å²) in [5.74, 6) is 2.57. The predicted molar refractivity (Wildman–Crippen MR) is 87.0 cm³/mol. The van der Waals surface area contributed by atoms with Crippen LogP contribution in [0.15, 0.2) is 18.2 Å². The zero-order valence-corrected chi connectivity index (χ0v) is 13.4. The molecule has 1 aromatic heterocycles. The quantitative estimate of drug-likeness (QED) is 0.905. The third-order valence-corrected chi connectivity index (χ3v) is 3.49. The molecule has 1 heterocycles. The Morgan fingerprint density at radius 2 is 1.90 bits per heavy atom. The summed E-state index contributed by atoms with van der Waals surface area (Å²) < 4.78 is 5.27. The highest BCUT2D eigenvalue weighted by atomic mass is 16.5. The number of anilines is 1. The maximum atomic E-state index is 5.27. The summed E-state index contributed by atoms with van der Waals surface area (Å²) in [5, 5.41) is 3.38. The van der Waals surface area contributed by atoms with Gasteiger partial charge in [-0.25, -0.2) is 9.97 Å². The van der Waals surface area contributed by atoms with Crippen molar-refractivity contribution in [2.75, 3.05) is 19.0 Å². The first kappa shape index (κ1) is 15.3. The van der Waals surface area contributed by atoms with E-state index in [-0.39, 0.29) is 0 Å². The lowest BCUT2D eigenvalue weighted by atomic mass is 10.0. The monoisotopic (exact) mass is 285 g/mol. The van der Waals surface area contributed by atoms with Crippen LogP contribution in [0.1, 0.15) is 30.3 Å². The molecule has 21 heavy (non-hydrogen) atoms. The third kappa shape index (κ3) is 3.32. The van der Waals surface area contributed by atoms with E-state index >= 15 is 0 Å². The molecule has 2 aromatic rings. The zero-order chi connectivity index (χ0) is 15.4. The highest BCUT2D eigenvalue weighted by Gasteiger charge is 2.13. The Morgan fingerprint density at radius 3 is 2.52 bits per heavy atom. The van der Waals surface area contributed by atoms with Crippen molar-refractivity contribution in [2.24, 2.45) is 0 Å². The Morgan fingerprint density at radius 1 is 1.14 bits per heavy atom. The van der Waals surface area contributed by atoms with Gasteiger partial charge in [0, 0.05) is 17.7 Å². The summed E-state index contributed by atoms with van der Waals surface area (Å²) in [6.45, 7) is 9.13. The van der Waals surface area contributed by atoms with Gasteiger partial charge in [0.15, 0.2) is 0 Å². The number of nitrogens with one attached hydrogen (secondary N) is 1. The average molecular weight is 285 g/mol. The number of aryl methyl sites for hydroxylation is 2. The molecule has 0 atom stereocenters. The van der Waals surface area contributed by atoms with Gasteiger partial charge in [0.2, 0.25) is 0 Å². The molecule has 1 aromatic carbocycles. The summed E-state index contributed by atoms with van der Waals surface area (Å²) in [5.41, 5.74) is 4.35. The van der Waals surface area contributed by atoms with Crippen molar-refractivity contribution < 1.29 is 4.74 Å². The van der Waals surface area contributed by atoms with Gasteiger partial charge < -0.3 is 10.1 Å². The number of benzene rings is 1. The fourth-order valence-electron chi connectivity index (χ4n) is 2.34. The molecule has 2 rings (SSSR count). The van der Waals surface area contributed by atoms with Crippen LogP contribution >= 0.6 is 0 Å². The molecular formula is C17H23N3O. The molecule has 0 aliphatic heterocycles. The van der Waals surface area contributed by atoms with Crippen molar-refractivity contribution >= 4 is 5.82 Å². The predicted octanol–water partition coefficient (Wildman–Crippen LogP) is 3.90. The Balaban J connectivity index is 2.50. The Bertz CT molecular complexity index is 638. The molecule has 0 aliphatic carbocycles. The number of aromatic nitrogens is 2. The summed E-state index contributed by atoms with van der Waals surface area (Å²) >= 11 is 0. The van der Waals surface area contributed by atoms with Crippen LogP contribution in [-0.2, 0) is 0 Å². The lowest BCUT2D eigenvalue weighted by Gasteiger charge is -2.14. The third-order valence-electron chi connectivity index (χ3n) is 3.49. The van der Waals surface area contributed by atoms with Crippen LogP contribution < -0.4 is 10.1 Å². The van der Waals surface area contributed by atoms with Gasteiger partial charge in [0.1, 0.15) is 17.4 Å². The van der Waals surface area contributed by atoms with Gasteiger partial charge in [0.25, 0.3) is 0 Å². The van der Waals surface area contributed by atoms with E-state index in [0.29, 0.717) is 0 Å². The van der Waals surface area contributed by atoms with E-state index in [0.717, 1.165) is 52.7 Å². The minimum atomic E-state index is 0.782. The molecule has 4 heteroatoms. The van der Waals surface area contributed by atoms with Gasteiger partial charge in [0.05, 0.1) is 12.8 Å². The summed E-state index contributed by atoms with van der Waals surface area (Å²) in [7, 11) is 1.68. The standard InChI is InChI=1S/C17H23N3O/c1-6-9-18-17-12(3)16(19-13(4)20-17)15-8-7-14(21-5)10-11(15)2/h7-8,10H,6,9H2,1-5H3,(H,18,19,20). The smallest absolute Gasteiger partial charge is 0.133 e. The number of nitrogens with zero attached hydrogens (tertiary/aromatic N) is 2. The minimum absolute atomic E-state index is 0.782. The molecule has 112 valence electrons. The van der Waals surface area contributed by atoms with Gasteiger partial charge in [-0.15, -0.1) is 0 Å². The van der Waals surface area contributed by atoms with Crippen LogP contribution in [0.3, 0.4) is 0 Å². The fourth-order valence-corrected chi connectivity index (χ4v) is 2.34. The van der Waals surface area contributed by atoms with Crippen LogP contribution in [0.25, 0.3) is 11.3 Å². The van der Waals surface area contributed by atoms with E-state index in [9.17, 15) is 0 Å². The molecule has 0 saturated carbocycles. The highest BCUT2D eigenvalue weighted by Crippen LogP contribution is 2.30. The molecule has 0 amide bonds. The van der Waals surface area contributed by atoms with Crippen LogP contribution in [0.2, 0.25) is 0 Å². The van der Waals surface area contributed by atoms with E-state index in [1.54, 1.807) is 7.11 Å². The first-order valence-electron chi connectivity index (χ1n) is 7.31. The van der Waals surface area contributed by atoms with E-state index in [1.807, 2.05) is 19.1 Å². The van der Waals surface area contributed by atoms with Crippen molar-refractivity contribution in [2.45, 2.75) is 34.1 Å². The van der Waals surface area contributed by atoms with Gasteiger partial charge in [-0.3, -0.25) is 0 Å². The topological polar surface area (TPSA) is 47.0 Å². The molecule has 0 bridgehead atoms. The number of methoxy groups -OCH3 is 1. The second-order valence-electron chi connectivity index (χ2n) is 5.20. The first-order chi connectivity index (χ1) is 10.1. The molecule has 4 nitrogen and oxygen atoms in total. The average Bonchev–Trinajstić information content (AvgIpc) is 2.47. The summed E-state index contributed by atoms with van der Waals surface area (Å²) in [6, 6.07) is 6.07. The van der Waals surface area contributed by atoms with Gasteiger partial charge >= 0.3 is 0 Å². The van der Waals surface area contributed by atoms with Crippen molar-refractivity contribution in [1.82, 2.24) is 9.97 Å². The summed E-state index contributed by atoms with van der Waals surface area (Å²) in [6.07, 6.45) is 1.07. The van der Waals surface area contributed by atoms with Crippen LogP contribution in [0, 0.1) is 20.8 Å². The molecule has 0 saturated heterocycles. The molecule has 0 radical (unpaired) electrons. The van der Waals surface area contributed by atoms with E-state index < -0.39 is 0 Å². The number of hydrogen-bond acceptors (Lipinski definition) is 4. The largest absolute Gasteiger partial charge is 0.497 e. The van der Waals surface area contributed by atoms with Crippen molar-refractivity contribution in [3.8, 4) is 17.0 Å². The van der Waals surface area contributed by atoms with E-state index in [2.05, 4.69) is 42.1 Å². The van der Waals surface area contributed by atoms with Gasteiger partial charge in [-0.2, -0.15) is 0 Å². The van der Waals surface area contributed by atoms with Crippen molar-refractivity contribution in [1.29, 1.82) is 0 Å². The van der Waals surface area contributed by atoms with Crippen molar-refractivity contribution in [3.63, 3.8) is 0 Å². The highest BCUT2D eigenvalue weighted by molar-refractivity contribution is 5.71. The van der Waals surface area contributed by atoms with Crippen molar-refractivity contribution in [3.05, 3.63) is 35.2 Å². The second kappa shape index (κ2) is 6.57. The maximum absolute atomic E-state index is 5.27. The van der Waals surface area contributed by atoms with E-state index in [1.165, 1.54) is 0 Å². The molecule has 0 aliphatic rings. The van der Waals surface area contributed by atoms with Crippen LogP contribution in [-0.4, -0.2) is 23.6 Å². The van der Waals surface area contributed by atoms with Gasteiger partial charge in [-0.1, -0.05) is 6.92 Å². The van der Waals surface area contributed by atoms with Crippen LogP contribution in [0.4, 0.5) is 5.82 Å². The number of ether oxygens (including phenoxy) is 1. The molecular weight excluding hydrogens is 262 g/mol. The zero-order valence-electron chi connectivity index (χ0n) is 13.4. The lowest BCUT2D eigenvalue weighted by molar-refractivity contribution is 0.414. The first-order valence-corrected chi connectivity index (χ1v) is 7.31. The SMILES string of the molecule is CCCNc1nc(C)nc(-c2ccc(OC)cc2C)c1C. The fraction of sp³-hybridized carbons (Fsp3) is 0.412. The molecule has 0 spiro atoms. The Labute approximate surface area is 126 Å². The summed E-state index contributed by atoms with van der Waals surface area (Å²) in [4.78, 5) is 9.15. The number of hydrogen-bond donors (Lipinski definition) is 1. The lowest BCUT2D eigenvalue weighted by Crippen LogP contribution is -2.07. The maximum Gasteiger partial charge on any atom is 0.133 e. The normalized spacial score (nSPS) is 10.5. The molecule has 1 N–H and O–H groups in total. The Hall–Kier alpha value is -2.10. The second-order valence-corrected chi connectivity index (χ2v) is 5.20. The van der Waals surface area contributed by atoms with E-state index in [4.69, 9.17) is 4.74 Å². The minimum Gasteiger partial charge on any atom is -0.497 e. The Kier molecular flexibility index (Phi) is 4.78. The number of rotatable bonds is 5. The van der Waals surface area contributed by atoms with Crippen LogP contribution in [0.5, 0.6) is 5.75 Å².